The molecule has 6 nitrogen and oxygen atoms in total. The van der Waals surface area contributed by atoms with E-state index in [1.807, 2.05) is 43.3 Å². The van der Waals surface area contributed by atoms with Gasteiger partial charge in [-0.3, -0.25) is 10.1 Å². The Labute approximate surface area is 144 Å². The molecule has 25 heavy (non-hydrogen) atoms. The summed E-state index contributed by atoms with van der Waals surface area (Å²) in [4.78, 5) is 10.7. The fraction of sp³-hybridized carbons (Fsp3) is 0.211. The fourth-order valence-electron chi connectivity index (χ4n) is 2.66. The molecular formula is C19H18N2O4. The third kappa shape index (κ3) is 3.38. The average molecular weight is 338 g/mol. The fourth-order valence-corrected chi connectivity index (χ4v) is 2.66. The van der Waals surface area contributed by atoms with Crippen LogP contribution in [0, 0.1) is 17.0 Å². The Morgan fingerprint density at radius 2 is 2.04 bits per heavy atom. The van der Waals surface area contributed by atoms with E-state index in [-0.39, 0.29) is 17.1 Å². The van der Waals surface area contributed by atoms with E-state index >= 15 is 0 Å². The van der Waals surface area contributed by atoms with E-state index in [1.165, 1.54) is 0 Å². The third-order valence-electron chi connectivity index (χ3n) is 3.83. The number of hydrogen-bond donors (Lipinski definition) is 0. The summed E-state index contributed by atoms with van der Waals surface area (Å²) in [6.07, 6.45) is 4.24. The number of fused-ring (bicyclic) bond motifs is 1. The number of nitro groups is 1. The number of aromatic nitrogens is 1. The van der Waals surface area contributed by atoms with Crippen LogP contribution in [0.2, 0.25) is 0 Å². The van der Waals surface area contributed by atoms with Crippen molar-refractivity contribution >= 4 is 28.6 Å². The number of ether oxygens (including phenoxy) is 1. The van der Waals surface area contributed by atoms with Gasteiger partial charge in [0.25, 0.3) is 0 Å². The number of nitrogens with zero attached hydrogens (tertiary/aromatic N) is 2. The van der Waals surface area contributed by atoms with E-state index in [2.05, 4.69) is 5.16 Å². The number of benzene rings is 2. The molecule has 0 N–H and O–H groups in total. The van der Waals surface area contributed by atoms with E-state index in [0.717, 1.165) is 28.5 Å². The number of aryl methyl sites for hydroxylation is 1. The highest BCUT2D eigenvalue weighted by Gasteiger charge is 2.22. The lowest BCUT2D eigenvalue weighted by molar-refractivity contribution is -0.386. The molecule has 0 spiro atoms. The van der Waals surface area contributed by atoms with Crippen molar-refractivity contribution in [3.05, 3.63) is 63.5 Å². The van der Waals surface area contributed by atoms with Crippen molar-refractivity contribution in [2.45, 2.75) is 20.3 Å². The average Bonchev–Trinajstić information content (AvgIpc) is 2.99. The first-order valence-corrected chi connectivity index (χ1v) is 8.05. The Hall–Kier alpha value is -3.15. The lowest BCUT2D eigenvalue weighted by Crippen LogP contribution is -1.97. The molecule has 0 aliphatic heterocycles. The van der Waals surface area contributed by atoms with Crippen LogP contribution in [-0.2, 0) is 0 Å². The predicted molar refractivity (Wildman–Crippen MR) is 96.6 cm³/mol. The van der Waals surface area contributed by atoms with Gasteiger partial charge < -0.3 is 9.26 Å². The Morgan fingerprint density at radius 1 is 1.24 bits per heavy atom. The molecule has 3 aromatic rings. The quantitative estimate of drug-likeness (QED) is 0.466. The molecule has 6 heteroatoms. The molecule has 0 atom stereocenters. The summed E-state index contributed by atoms with van der Waals surface area (Å²) in [6, 6.07) is 11.8. The highest BCUT2D eigenvalue weighted by molar-refractivity contribution is 5.95. The van der Waals surface area contributed by atoms with E-state index in [4.69, 9.17) is 9.26 Å². The van der Waals surface area contributed by atoms with Gasteiger partial charge in [-0.05, 0) is 42.3 Å². The normalized spacial score (nSPS) is 11.3. The summed E-state index contributed by atoms with van der Waals surface area (Å²) in [7, 11) is 0. The first-order chi connectivity index (χ1) is 12.1. The monoisotopic (exact) mass is 338 g/mol. The summed E-state index contributed by atoms with van der Waals surface area (Å²) in [5.74, 6) is 0.854. The van der Waals surface area contributed by atoms with Gasteiger partial charge in [-0.2, -0.15) is 0 Å². The Bertz CT molecular complexity index is 944. The minimum atomic E-state index is -0.483. The molecule has 128 valence electrons. The third-order valence-corrected chi connectivity index (χ3v) is 3.83. The van der Waals surface area contributed by atoms with Crippen LogP contribution in [-0.4, -0.2) is 16.7 Å². The van der Waals surface area contributed by atoms with Gasteiger partial charge in [0.2, 0.25) is 5.76 Å². The highest BCUT2D eigenvalue weighted by Crippen LogP contribution is 2.31. The molecule has 0 aliphatic carbocycles. The molecule has 2 aromatic carbocycles. The van der Waals surface area contributed by atoms with Crippen LogP contribution in [0.5, 0.6) is 5.75 Å². The smallest absolute Gasteiger partial charge is 0.338 e. The predicted octanol–water partition coefficient (Wildman–Crippen LogP) is 5.00. The van der Waals surface area contributed by atoms with Gasteiger partial charge in [-0.1, -0.05) is 42.4 Å². The van der Waals surface area contributed by atoms with Crippen molar-refractivity contribution in [1.82, 2.24) is 5.16 Å². The maximum Gasteiger partial charge on any atom is 0.338 e. The van der Waals surface area contributed by atoms with Crippen LogP contribution >= 0.6 is 0 Å². The molecule has 0 saturated carbocycles. The standard InChI is InChI=1S/C19H18N2O4/c1-3-12-24-17-10-8-14-6-4-5-7-15(14)16(17)9-11-18-19(21(22)23)13(2)20-25-18/h4-11H,3,12H2,1-2H3. The summed E-state index contributed by atoms with van der Waals surface area (Å²) >= 11 is 0. The molecule has 0 radical (unpaired) electrons. The zero-order chi connectivity index (χ0) is 17.8. The molecule has 0 fully saturated rings. The van der Waals surface area contributed by atoms with Crippen molar-refractivity contribution in [1.29, 1.82) is 0 Å². The Kier molecular flexibility index (Phi) is 4.79. The second-order valence-corrected chi connectivity index (χ2v) is 5.62. The Balaban J connectivity index is 2.09. The van der Waals surface area contributed by atoms with Crippen LogP contribution in [0.3, 0.4) is 0 Å². The van der Waals surface area contributed by atoms with E-state index < -0.39 is 4.92 Å². The topological polar surface area (TPSA) is 78.4 Å². The first kappa shape index (κ1) is 16.7. The summed E-state index contributed by atoms with van der Waals surface area (Å²) in [5.41, 5.74) is 0.993. The molecule has 3 rings (SSSR count). The van der Waals surface area contributed by atoms with Gasteiger partial charge in [0, 0.05) is 5.56 Å². The maximum atomic E-state index is 11.2. The largest absolute Gasteiger partial charge is 0.493 e. The van der Waals surface area contributed by atoms with E-state index in [9.17, 15) is 10.1 Å². The molecule has 0 saturated heterocycles. The van der Waals surface area contributed by atoms with Crippen molar-refractivity contribution in [2.24, 2.45) is 0 Å². The van der Waals surface area contributed by atoms with Crippen molar-refractivity contribution < 1.29 is 14.2 Å². The second kappa shape index (κ2) is 7.17. The highest BCUT2D eigenvalue weighted by atomic mass is 16.6. The lowest BCUT2D eigenvalue weighted by Gasteiger charge is -2.11. The molecule has 1 heterocycles. The van der Waals surface area contributed by atoms with Crippen LogP contribution in [0.15, 0.2) is 40.9 Å². The van der Waals surface area contributed by atoms with Gasteiger partial charge in [0.05, 0.1) is 11.5 Å². The van der Waals surface area contributed by atoms with Crippen molar-refractivity contribution in [3.8, 4) is 5.75 Å². The molecule has 0 aliphatic rings. The van der Waals surface area contributed by atoms with E-state index in [1.54, 1.807) is 19.1 Å². The molecule has 0 amide bonds. The zero-order valence-electron chi connectivity index (χ0n) is 14.1. The summed E-state index contributed by atoms with van der Waals surface area (Å²) in [5, 5.41) is 16.9. The van der Waals surface area contributed by atoms with Crippen LogP contribution in [0.1, 0.15) is 30.4 Å². The van der Waals surface area contributed by atoms with Crippen molar-refractivity contribution in [3.63, 3.8) is 0 Å². The van der Waals surface area contributed by atoms with Crippen LogP contribution < -0.4 is 4.74 Å². The van der Waals surface area contributed by atoms with Gasteiger partial charge in [-0.15, -0.1) is 0 Å². The minimum absolute atomic E-state index is 0.118. The molecule has 1 aromatic heterocycles. The van der Waals surface area contributed by atoms with Gasteiger partial charge in [0.15, 0.2) is 5.69 Å². The molecule has 0 unspecified atom stereocenters. The van der Waals surface area contributed by atoms with Gasteiger partial charge in [-0.25, -0.2) is 0 Å². The van der Waals surface area contributed by atoms with Gasteiger partial charge >= 0.3 is 5.69 Å². The molecule has 0 bridgehead atoms. The SMILES string of the molecule is CCCOc1ccc2ccccc2c1C=Cc1onc(C)c1[N+](=O)[O-]. The Morgan fingerprint density at radius 3 is 2.80 bits per heavy atom. The minimum Gasteiger partial charge on any atom is -0.493 e. The molecular weight excluding hydrogens is 320 g/mol. The second-order valence-electron chi connectivity index (χ2n) is 5.62. The van der Waals surface area contributed by atoms with Crippen LogP contribution in [0.25, 0.3) is 22.9 Å². The number of rotatable bonds is 6. The maximum absolute atomic E-state index is 11.2. The van der Waals surface area contributed by atoms with Crippen LogP contribution in [0.4, 0.5) is 5.69 Å². The number of hydrogen-bond acceptors (Lipinski definition) is 5. The summed E-state index contributed by atoms with van der Waals surface area (Å²) < 4.78 is 10.9. The van der Waals surface area contributed by atoms with E-state index in [0.29, 0.717) is 6.61 Å². The van der Waals surface area contributed by atoms with Crippen molar-refractivity contribution in [2.75, 3.05) is 6.61 Å². The van der Waals surface area contributed by atoms with Gasteiger partial charge in [0.1, 0.15) is 5.75 Å². The first-order valence-electron chi connectivity index (χ1n) is 8.05. The lowest BCUT2D eigenvalue weighted by atomic mass is 10.0. The zero-order valence-corrected chi connectivity index (χ0v) is 14.1. The summed E-state index contributed by atoms with van der Waals surface area (Å²) in [6.45, 7) is 4.19.